The number of hydrogen-bond donors (Lipinski definition) is 1. The summed E-state index contributed by atoms with van der Waals surface area (Å²) in [5.74, 6) is 0.703. The highest BCUT2D eigenvalue weighted by atomic mass is 35.5. The van der Waals surface area contributed by atoms with E-state index in [0.29, 0.717) is 41.2 Å². The number of carbonyl (C=O) groups is 1. The molecule has 1 aromatic carbocycles. The molecule has 1 aromatic rings. The SMILES string of the molecule is CCCCCCCCC(=O)N1CCN=C1Nc1ccc(Cl)cc1Cl. The highest BCUT2D eigenvalue weighted by molar-refractivity contribution is 6.36. The maximum Gasteiger partial charge on any atom is 0.229 e. The summed E-state index contributed by atoms with van der Waals surface area (Å²) >= 11 is 12.1. The molecule has 1 heterocycles. The molecule has 0 aliphatic carbocycles. The van der Waals surface area contributed by atoms with Crippen molar-refractivity contribution in [1.82, 2.24) is 4.90 Å². The Bertz CT molecular complexity index is 590. The monoisotopic (exact) mass is 369 g/mol. The van der Waals surface area contributed by atoms with Crippen LogP contribution in [-0.2, 0) is 4.79 Å². The third-order valence-corrected chi connectivity index (χ3v) is 4.61. The number of halogens is 2. The summed E-state index contributed by atoms with van der Waals surface area (Å²) < 4.78 is 0. The van der Waals surface area contributed by atoms with E-state index < -0.39 is 0 Å². The molecule has 2 rings (SSSR count). The van der Waals surface area contributed by atoms with E-state index in [-0.39, 0.29) is 5.91 Å². The van der Waals surface area contributed by atoms with Crippen LogP contribution in [0.1, 0.15) is 51.9 Å². The maximum atomic E-state index is 12.4. The van der Waals surface area contributed by atoms with Crippen molar-refractivity contribution in [2.45, 2.75) is 51.9 Å². The normalized spacial score (nSPS) is 14.0. The number of carbonyl (C=O) groups excluding carboxylic acids is 1. The van der Waals surface area contributed by atoms with Crippen molar-refractivity contribution < 1.29 is 4.79 Å². The zero-order valence-electron chi connectivity index (χ0n) is 14.2. The van der Waals surface area contributed by atoms with Crippen molar-refractivity contribution in [3.05, 3.63) is 28.2 Å². The quantitative estimate of drug-likeness (QED) is 0.627. The predicted molar refractivity (Wildman–Crippen MR) is 102 cm³/mol. The van der Waals surface area contributed by atoms with Gasteiger partial charge in [0.25, 0.3) is 0 Å². The van der Waals surface area contributed by atoms with E-state index >= 15 is 0 Å². The van der Waals surface area contributed by atoms with Crippen molar-refractivity contribution in [3.8, 4) is 0 Å². The van der Waals surface area contributed by atoms with E-state index in [9.17, 15) is 4.79 Å². The summed E-state index contributed by atoms with van der Waals surface area (Å²) in [4.78, 5) is 18.5. The molecule has 0 bridgehead atoms. The minimum absolute atomic E-state index is 0.124. The number of nitrogens with one attached hydrogen (secondary N) is 1. The lowest BCUT2D eigenvalue weighted by Crippen LogP contribution is -2.38. The molecule has 6 heteroatoms. The van der Waals surface area contributed by atoms with Gasteiger partial charge < -0.3 is 5.32 Å². The highest BCUT2D eigenvalue weighted by Crippen LogP contribution is 2.26. The fourth-order valence-electron chi connectivity index (χ4n) is 2.70. The number of hydrogen-bond acceptors (Lipinski definition) is 3. The van der Waals surface area contributed by atoms with Crippen molar-refractivity contribution in [2.75, 3.05) is 18.4 Å². The summed E-state index contributed by atoms with van der Waals surface area (Å²) in [5, 5.41) is 4.24. The lowest BCUT2D eigenvalue weighted by molar-refractivity contribution is -0.127. The first kappa shape index (κ1) is 19.1. The van der Waals surface area contributed by atoms with Gasteiger partial charge in [-0.2, -0.15) is 0 Å². The molecular formula is C18H25Cl2N3O. The fourth-order valence-corrected chi connectivity index (χ4v) is 3.16. The minimum Gasteiger partial charge on any atom is -0.325 e. The van der Waals surface area contributed by atoms with Crippen molar-refractivity contribution >= 4 is 40.8 Å². The number of nitrogens with zero attached hydrogens (tertiary/aromatic N) is 2. The number of aliphatic imine (C=N–C) groups is 1. The lowest BCUT2D eigenvalue weighted by Gasteiger charge is -2.20. The largest absolute Gasteiger partial charge is 0.325 e. The Kier molecular flexibility index (Phi) is 7.86. The van der Waals surface area contributed by atoms with Crippen LogP contribution in [0, 0.1) is 0 Å². The zero-order chi connectivity index (χ0) is 17.4. The van der Waals surface area contributed by atoms with Crippen LogP contribution in [0.4, 0.5) is 5.69 Å². The Balaban J connectivity index is 1.82. The van der Waals surface area contributed by atoms with Crippen LogP contribution in [0.3, 0.4) is 0 Å². The van der Waals surface area contributed by atoms with E-state index in [0.717, 1.165) is 12.8 Å². The van der Waals surface area contributed by atoms with Gasteiger partial charge in [-0.05, 0) is 24.6 Å². The Hall–Kier alpha value is -1.26. The van der Waals surface area contributed by atoms with Crippen LogP contribution >= 0.6 is 23.2 Å². The smallest absolute Gasteiger partial charge is 0.229 e. The van der Waals surface area contributed by atoms with E-state index in [2.05, 4.69) is 17.2 Å². The van der Waals surface area contributed by atoms with Crippen molar-refractivity contribution in [1.29, 1.82) is 0 Å². The van der Waals surface area contributed by atoms with Gasteiger partial charge in [0.2, 0.25) is 11.9 Å². The second kappa shape index (κ2) is 9.90. The van der Waals surface area contributed by atoms with Crippen molar-refractivity contribution in [3.63, 3.8) is 0 Å². The molecule has 0 radical (unpaired) electrons. The molecular weight excluding hydrogens is 345 g/mol. The Morgan fingerprint density at radius 2 is 1.96 bits per heavy atom. The summed E-state index contributed by atoms with van der Waals surface area (Å²) in [6, 6.07) is 5.22. The first-order valence-electron chi connectivity index (χ1n) is 8.68. The average molecular weight is 370 g/mol. The molecule has 0 aromatic heterocycles. The summed E-state index contributed by atoms with van der Waals surface area (Å²) in [6.07, 6.45) is 7.62. The molecule has 0 saturated carbocycles. The molecule has 1 amide bonds. The van der Waals surface area contributed by atoms with Gasteiger partial charge in [0, 0.05) is 18.0 Å². The number of rotatable bonds is 8. The third-order valence-electron chi connectivity index (χ3n) is 4.06. The minimum atomic E-state index is 0.124. The van der Waals surface area contributed by atoms with Crippen LogP contribution in [0.15, 0.2) is 23.2 Å². The Labute approximate surface area is 154 Å². The van der Waals surface area contributed by atoms with Crippen molar-refractivity contribution in [2.24, 2.45) is 4.99 Å². The molecule has 0 unspecified atom stereocenters. The van der Waals surface area contributed by atoms with Gasteiger partial charge >= 0.3 is 0 Å². The molecule has 0 spiro atoms. The molecule has 1 N–H and O–H groups in total. The molecule has 4 nitrogen and oxygen atoms in total. The molecule has 0 saturated heterocycles. The molecule has 24 heavy (non-hydrogen) atoms. The van der Waals surface area contributed by atoms with E-state index in [1.807, 2.05) is 0 Å². The molecule has 1 aliphatic heterocycles. The molecule has 1 aliphatic rings. The summed E-state index contributed by atoms with van der Waals surface area (Å²) in [6.45, 7) is 3.45. The maximum absolute atomic E-state index is 12.4. The first-order valence-corrected chi connectivity index (χ1v) is 9.44. The van der Waals surface area contributed by atoms with Crippen LogP contribution in [-0.4, -0.2) is 29.9 Å². The Morgan fingerprint density at radius 3 is 2.71 bits per heavy atom. The average Bonchev–Trinajstić information content (AvgIpc) is 3.01. The number of anilines is 1. The molecule has 0 atom stereocenters. The van der Waals surface area contributed by atoms with E-state index in [1.54, 1.807) is 23.1 Å². The Morgan fingerprint density at radius 1 is 1.21 bits per heavy atom. The summed E-state index contributed by atoms with van der Waals surface area (Å²) in [5.41, 5.74) is 0.707. The van der Waals surface area contributed by atoms with Crippen LogP contribution < -0.4 is 5.32 Å². The second-order valence-corrected chi connectivity index (χ2v) is 6.86. The standard InChI is InChI=1S/C18H25Cl2N3O/c1-2-3-4-5-6-7-8-17(24)23-12-11-21-18(23)22-16-10-9-14(19)13-15(16)20/h9-10,13H,2-8,11-12H2,1H3,(H,21,22). The number of guanidine groups is 1. The first-order chi connectivity index (χ1) is 11.6. The zero-order valence-corrected chi connectivity index (χ0v) is 15.7. The van der Waals surface area contributed by atoms with Crippen LogP contribution in [0.5, 0.6) is 0 Å². The van der Waals surface area contributed by atoms with E-state index in [1.165, 1.54) is 25.7 Å². The molecule has 132 valence electrons. The summed E-state index contributed by atoms with van der Waals surface area (Å²) in [7, 11) is 0. The predicted octanol–water partition coefficient (Wildman–Crippen LogP) is 5.35. The van der Waals surface area contributed by atoms with Crippen LogP contribution in [0.25, 0.3) is 0 Å². The number of benzene rings is 1. The van der Waals surface area contributed by atoms with Gasteiger partial charge in [0.1, 0.15) is 0 Å². The van der Waals surface area contributed by atoms with Gasteiger partial charge in [0.15, 0.2) is 0 Å². The van der Waals surface area contributed by atoms with Gasteiger partial charge in [-0.1, -0.05) is 62.2 Å². The van der Waals surface area contributed by atoms with Gasteiger partial charge in [-0.15, -0.1) is 0 Å². The molecule has 0 fully saturated rings. The van der Waals surface area contributed by atoms with E-state index in [4.69, 9.17) is 23.2 Å². The van der Waals surface area contributed by atoms with Gasteiger partial charge in [0.05, 0.1) is 17.3 Å². The lowest BCUT2D eigenvalue weighted by atomic mass is 10.1. The topological polar surface area (TPSA) is 44.7 Å². The number of unbranched alkanes of at least 4 members (excludes halogenated alkanes) is 5. The third kappa shape index (κ3) is 5.67. The second-order valence-electron chi connectivity index (χ2n) is 6.02. The van der Waals surface area contributed by atoms with Gasteiger partial charge in [-0.25, -0.2) is 0 Å². The number of amides is 1. The highest BCUT2D eigenvalue weighted by Gasteiger charge is 2.23. The van der Waals surface area contributed by atoms with Crippen LogP contribution in [0.2, 0.25) is 10.0 Å². The fraction of sp³-hybridized carbons (Fsp3) is 0.556. The van der Waals surface area contributed by atoms with Gasteiger partial charge in [-0.3, -0.25) is 14.7 Å².